The second-order valence-electron chi connectivity index (χ2n) is 6.35. The fourth-order valence-corrected chi connectivity index (χ4v) is 3.35. The van der Waals surface area contributed by atoms with Crippen molar-refractivity contribution in [2.75, 3.05) is 26.7 Å². The lowest BCUT2D eigenvalue weighted by Crippen LogP contribution is -2.50. The van der Waals surface area contributed by atoms with E-state index in [-0.39, 0.29) is 5.91 Å². The molecule has 4 heteroatoms. The van der Waals surface area contributed by atoms with Gasteiger partial charge in [-0.1, -0.05) is 19.8 Å². The Labute approximate surface area is 117 Å². The van der Waals surface area contributed by atoms with E-state index in [0.29, 0.717) is 24.5 Å². The van der Waals surface area contributed by atoms with Crippen molar-refractivity contribution in [1.82, 2.24) is 15.5 Å². The molecule has 1 amide bonds. The van der Waals surface area contributed by atoms with Crippen LogP contribution in [-0.2, 0) is 4.79 Å². The van der Waals surface area contributed by atoms with Crippen LogP contribution >= 0.6 is 0 Å². The topological polar surface area (TPSA) is 44.4 Å². The Kier molecular flexibility index (Phi) is 5.64. The normalized spacial score (nSPS) is 32.3. The first-order valence-corrected chi connectivity index (χ1v) is 7.87. The molecule has 4 nitrogen and oxygen atoms in total. The molecule has 0 bridgehead atoms. The Morgan fingerprint density at radius 3 is 2.74 bits per heavy atom. The van der Waals surface area contributed by atoms with Crippen LogP contribution in [0.4, 0.5) is 0 Å². The van der Waals surface area contributed by atoms with Gasteiger partial charge in [0.25, 0.3) is 0 Å². The molecule has 1 aliphatic carbocycles. The van der Waals surface area contributed by atoms with Crippen molar-refractivity contribution in [2.24, 2.45) is 5.92 Å². The first kappa shape index (κ1) is 14.8. The second kappa shape index (κ2) is 7.25. The number of amides is 1. The molecule has 19 heavy (non-hydrogen) atoms. The lowest BCUT2D eigenvalue weighted by atomic mass is 9.86. The highest BCUT2D eigenvalue weighted by atomic mass is 16.2. The lowest BCUT2D eigenvalue weighted by Gasteiger charge is -2.33. The van der Waals surface area contributed by atoms with Crippen LogP contribution < -0.4 is 10.6 Å². The van der Waals surface area contributed by atoms with Crippen LogP contribution in [0.15, 0.2) is 0 Å². The molecule has 1 saturated carbocycles. The molecule has 2 aliphatic rings. The zero-order valence-corrected chi connectivity index (χ0v) is 12.5. The fourth-order valence-electron chi connectivity index (χ4n) is 3.35. The number of carbonyl (C=O) groups is 1. The van der Waals surface area contributed by atoms with E-state index in [1.54, 1.807) is 0 Å². The monoisotopic (exact) mass is 267 g/mol. The van der Waals surface area contributed by atoms with Gasteiger partial charge >= 0.3 is 0 Å². The van der Waals surface area contributed by atoms with Crippen LogP contribution in [0.1, 0.15) is 45.4 Å². The molecule has 1 saturated heterocycles. The number of carbonyl (C=O) groups excluding carboxylic acids is 1. The molecule has 0 aromatic carbocycles. The van der Waals surface area contributed by atoms with Gasteiger partial charge in [-0.05, 0) is 45.2 Å². The molecule has 0 spiro atoms. The van der Waals surface area contributed by atoms with Gasteiger partial charge in [0.05, 0.1) is 6.54 Å². The molecular formula is C15H29N3O. The van der Waals surface area contributed by atoms with E-state index in [1.165, 1.54) is 32.1 Å². The largest absolute Gasteiger partial charge is 0.352 e. The molecule has 2 fully saturated rings. The Morgan fingerprint density at radius 2 is 2.05 bits per heavy atom. The SMILES string of the molecule is CC1CCCCC1NC(=O)CN(C)C1CCCNC1. The van der Waals surface area contributed by atoms with Crippen molar-refractivity contribution in [1.29, 1.82) is 0 Å². The summed E-state index contributed by atoms with van der Waals surface area (Å²) in [5.41, 5.74) is 0. The molecule has 1 aliphatic heterocycles. The molecule has 0 radical (unpaired) electrons. The molecule has 2 rings (SSSR count). The first-order valence-electron chi connectivity index (χ1n) is 7.87. The molecular weight excluding hydrogens is 238 g/mol. The van der Waals surface area contributed by atoms with Crippen molar-refractivity contribution in [3.63, 3.8) is 0 Å². The number of likely N-dealkylation sites (N-methyl/N-ethyl adjacent to an activating group) is 1. The first-order chi connectivity index (χ1) is 9.16. The molecule has 1 heterocycles. The highest BCUT2D eigenvalue weighted by Gasteiger charge is 2.24. The van der Waals surface area contributed by atoms with E-state index in [1.807, 2.05) is 0 Å². The van der Waals surface area contributed by atoms with Crippen LogP contribution in [0, 0.1) is 5.92 Å². The molecule has 3 unspecified atom stereocenters. The highest BCUT2D eigenvalue weighted by molar-refractivity contribution is 5.78. The number of piperidine rings is 1. The summed E-state index contributed by atoms with van der Waals surface area (Å²) < 4.78 is 0. The summed E-state index contributed by atoms with van der Waals surface area (Å²) >= 11 is 0. The zero-order chi connectivity index (χ0) is 13.7. The summed E-state index contributed by atoms with van der Waals surface area (Å²) in [6, 6.07) is 0.919. The molecule has 110 valence electrons. The van der Waals surface area contributed by atoms with Gasteiger partial charge in [0.15, 0.2) is 0 Å². The summed E-state index contributed by atoms with van der Waals surface area (Å²) in [5.74, 6) is 0.839. The van der Waals surface area contributed by atoms with Crippen LogP contribution in [0.3, 0.4) is 0 Å². The van der Waals surface area contributed by atoms with Gasteiger partial charge in [0.2, 0.25) is 5.91 Å². The van der Waals surface area contributed by atoms with E-state index in [0.717, 1.165) is 19.5 Å². The Bertz CT molecular complexity index is 289. The predicted molar refractivity (Wildman–Crippen MR) is 78.1 cm³/mol. The minimum atomic E-state index is 0.201. The van der Waals surface area contributed by atoms with Crippen molar-refractivity contribution >= 4 is 5.91 Å². The van der Waals surface area contributed by atoms with Crippen molar-refractivity contribution < 1.29 is 4.79 Å². The molecule has 0 aromatic rings. The maximum absolute atomic E-state index is 12.1. The van der Waals surface area contributed by atoms with Crippen molar-refractivity contribution in [3.05, 3.63) is 0 Å². The smallest absolute Gasteiger partial charge is 0.234 e. The summed E-state index contributed by atoms with van der Waals surface area (Å²) in [6.07, 6.45) is 7.42. The average Bonchev–Trinajstić information content (AvgIpc) is 2.42. The van der Waals surface area contributed by atoms with E-state index in [4.69, 9.17) is 0 Å². The zero-order valence-electron chi connectivity index (χ0n) is 12.5. The number of nitrogens with one attached hydrogen (secondary N) is 2. The van der Waals surface area contributed by atoms with Gasteiger partial charge in [-0.2, -0.15) is 0 Å². The van der Waals surface area contributed by atoms with Gasteiger partial charge in [0, 0.05) is 18.6 Å². The van der Waals surface area contributed by atoms with E-state index < -0.39 is 0 Å². The van der Waals surface area contributed by atoms with Gasteiger partial charge in [0.1, 0.15) is 0 Å². The minimum absolute atomic E-state index is 0.201. The Hall–Kier alpha value is -0.610. The lowest BCUT2D eigenvalue weighted by molar-refractivity contribution is -0.123. The van der Waals surface area contributed by atoms with E-state index in [2.05, 4.69) is 29.5 Å². The van der Waals surface area contributed by atoms with Gasteiger partial charge < -0.3 is 10.6 Å². The fraction of sp³-hybridized carbons (Fsp3) is 0.933. The molecule has 2 N–H and O–H groups in total. The number of hydrogen-bond acceptors (Lipinski definition) is 3. The van der Waals surface area contributed by atoms with Crippen LogP contribution in [0.25, 0.3) is 0 Å². The maximum atomic E-state index is 12.1. The third kappa shape index (κ3) is 4.46. The number of nitrogens with zero attached hydrogens (tertiary/aromatic N) is 1. The minimum Gasteiger partial charge on any atom is -0.352 e. The molecule has 0 aromatic heterocycles. The average molecular weight is 267 g/mol. The van der Waals surface area contributed by atoms with Crippen LogP contribution in [0.2, 0.25) is 0 Å². The third-order valence-electron chi connectivity index (χ3n) is 4.75. The van der Waals surface area contributed by atoms with Gasteiger partial charge in [-0.15, -0.1) is 0 Å². The van der Waals surface area contributed by atoms with Crippen molar-refractivity contribution in [3.8, 4) is 0 Å². The van der Waals surface area contributed by atoms with Gasteiger partial charge in [-0.3, -0.25) is 9.69 Å². The van der Waals surface area contributed by atoms with Crippen LogP contribution in [-0.4, -0.2) is 49.6 Å². The summed E-state index contributed by atoms with van der Waals surface area (Å²) in [5, 5.41) is 6.64. The van der Waals surface area contributed by atoms with Crippen molar-refractivity contribution in [2.45, 2.75) is 57.5 Å². The summed E-state index contributed by atoms with van der Waals surface area (Å²) in [6.45, 7) is 4.94. The van der Waals surface area contributed by atoms with Crippen LogP contribution in [0.5, 0.6) is 0 Å². The number of hydrogen-bond donors (Lipinski definition) is 2. The van der Waals surface area contributed by atoms with E-state index in [9.17, 15) is 4.79 Å². The second-order valence-corrected chi connectivity index (χ2v) is 6.35. The third-order valence-corrected chi connectivity index (χ3v) is 4.75. The summed E-state index contributed by atoms with van der Waals surface area (Å²) in [7, 11) is 2.07. The number of rotatable bonds is 4. The van der Waals surface area contributed by atoms with Gasteiger partial charge in [-0.25, -0.2) is 0 Å². The highest BCUT2D eigenvalue weighted by Crippen LogP contribution is 2.23. The molecule has 3 atom stereocenters. The van der Waals surface area contributed by atoms with E-state index >= 15 is 0 Å². The Balaban J connectivity index is 1.73. The predicted octanol–water partition coefficient (Wildman–Crippen LogP) is 1.37. The Morgan fingerprint density at radius 1 is 1.26 bits per heavy atom. The standard InChI is InChI=1S/C15H29N3O/c1-12-6-3-4-8-14(12)17-15(19)11-18(2)13-7-5-9-16-10-13/h12-14,16H,3-11H2,1-2H3,(H,17,19). The maximum Gasteiger partial charge on any atom is 0.234 e. The summed E-state index contributed by atoms with van der Waals surface area (Å²) in [4.78, 5) is 14.3. The quantitative estimate of drug-likeness (QED) is 0.808.